The fraction of sp³-hybridized carbons (Fsp3) is 0.571. The molecule has 0 unspecified atom stereocenters. The van der Waals surface area contributed by atoms with Crippen molar-refractivity contribution in [2.24, 2.45) is 0 Å². The van der Waals surface area contributed by atoms with Crippen molar-refractivity contribution in [3.63, 3.8) is 0 Å². The number of fused-ring (bicyclic) bond motifs is 1. The molecule has 2 aromatic rings. The highest BCUT2D eigenvalue weighted by molar-refractivity contribution is 9.10. The highest BCUT2D eigenvalue weighted by Gasteiger charge is 2.32. The molecule has 2 heterocycles. The van der Waals surface area contributed by atoms with Crippen molar-refractivity contribution < 1.29 is 4.74 Å². The minimum atomic E-state index is 0.389. The monoisotopic (exact) mass is 357 g/mol. The van der Waals surface area contributed by atoms with E-state index in [1.54, 1.807) is 0 Å². The van der Waals surface area contributed by atoms with Gasteiger partial charge < -0.3 is 9.30 Å². The van der Waals surface area contributed by atoms with Gasteiger partial charge in [-0.15, -0.1) is 0 Å². The molecule has 1 aliphatic rings. The van der Waals surface area contributed by atoms with E-state index < -0.39 is 0 Å². The third-order valence-corrected chi connectivity index (χ3v) is 4.72. The minimum Gasteiger partial charge on any atom is -0.378 e. The number of hydrogen-bond donors (Lipinski definition) is 0. The lowest BCUT2D eigenvalue weighted by Crippen LogP contribution is -2.33. The molecule has 0 spiro atoms. The van der Waals surface area contributed by atoms with Crippen LogP contribution in [-0.4, -0.2) is 27.2 Å². The SMILES string of the molecule is CCCCO[C@H]1C[C@@H](n2cc(Br)c3c(Cl)ncnc32)C1. The second-order valence-corrected chi connectivity index (χ2v) is 6.43. The molecule has 0 amide bonds. The Labute approximate surface area is 131 Å². The van der Waals surface area contributed by atoms with E-state index in [1.807, 2.05) is 0 Å². The maximum atomic E-state index is 6.14. The van der Waals surface area contributed by atoms with Crippen LogP contribution in [0.15, 0.2) is 17.0 Å². The first-order chi connectivity index (χ1) is 9.70. The summed E-state index contributed by atoms with van der Waals surface area (Å²) in [4.78, 5) is 8.40. The number of aromatic nitrogens is 3. The third kappa shape index (κ3) is 2.59. The van der Waals surface area contributed by atoms with Crippen molar-refractivity contribution in [2.75, 3.05) is 6.61 Å². The highest BCUT2D eigenvalue weighted by Crippen LogP contribution is 2.39. The maximum Gasteiger partial charge on any atom is 0.146 e. The maximum absolute atomic E-state index is 6.14. The molecule has 0 aliphatic heterocycles. The van der Waals surface area contributed by atoms with Gasteiger partial charge in [-0.2, -0.15) is 0 Å². The number of hydrogen-bond acceptors (Lipinski definition) is 3. The quantitative estimate of drug-likeness (QED) is 0.588. The van der Waals surface area contributed by atoms with Crippen molar-refractivity contribution in [1.29, 1.82) is 0 Å². The lowest BCUT2D eigenvalue weighted by molar-refractivity contribution is -0.0259. The molecule has 1 saturated carbocycles. The first-order valence-corrected chi connectivity index (χ1v) is 8.16. The summed E-state index contributed by atoms with van der Waals surface area (Å²) in [6.45, 7) is 3.05. The van der Waals surface area contributed by atoms with Gasteiger partial charge in [0.1, 0.15) is 17.1 Å². The molecule has 0 atom stereocenters. The molecular formula is C14H17BrClN3O. The standard InChI is InChI=1S/C14H17BrClN3O/c1-2-3-4-20-10-5-9(6-10)19-7-11(15)12-13(16)17-8-18-14(12)19/h7-10H,2-6H2,1H3/t9-,10+. The van der Waals surface area contributed by atoms with Gasteiger partial charge in [-0.05, 0) is 35.2 Å². The zero-order chi connectivity index (χ0) is 14.1. The molecule has 20 heavy (non-hydrogen) atoms. The summed E-state index contributed by atoms with van der Waals surface area (Å²) in [6, 6.07) is 0.446. The number of nitrogens with zero attached hydrogens (tertiary/aromatic N) is 3. The van der Waals surface area contributed by atoms with E-state index in [-0.39, 0.29) is 0 Å². The van der Waals surface area contributed by atoms with Crippen LogP contribution in [0.5, 0.6) is 0 Å². The fourth-order valence-electron chi connectivity index (χ4n) is 2.58. The van der Waals surface area contributed by atoms with E-state index in [0.717, 1.165) is 41.4 Å². The molecule has 0 aromatic carbocycles. The van der Waals surface area contributed by atoms with E-state index >= 15 is 0 Å². The molecule has 6 heteroatoms. The van der Waals surface area contributed by atoms with Gasteiger partial charge in [-0.25, -0.2) is 9.97 Å². The number of rotatable bonds is 5. The second-order valence-electron chi connectivity index (χ2n) is 5.22. The summed E-state index contributed by atoms with van der Waals surface area (Å²) < 4.78 is 8.97. The summed E-state index contributed by atoms with van der Waals surface area (Å²) in [6.07, 6.45) is 8.37. The van der Waals surface area contributed by atoms with Crippen molar-refractivity contribution in [3.8, 4) is 0 Å². The molecule has 3 rings (SSSR count). The Bertz CT molecular complexity index is 610. The number of ether oxygens (including phenoxy) is 1. The van der Waals surface area contributed by atoms with Gasteiger partial charge in [-0.1, -0.05) is 24.9 Å². The lowest BCUT2D eigenvalue weighted by Gasteiger charge is -2.36. The average molecular weight is 359 g/mol. The fourth-order valence-corrected chi connectivity index (χ4v) is 3.51. The molecule has 2 aromatic heterocycles. The summed E-state index contributed by atoms with van der Waals surface area (Å²) >= 11 is 9.68. The topological polar surface area (TPSA) is 39.9 Å². The van der Waals surface area contributed by atoms with Gasteiger partial charge >= 0.3 is 0 Å². The van der Waals surface area contributed by atoms with Gasteiger partial charge in [0.25, 0.3) is 0 Å². The van der Waals surface area contributed by atoms with Crippen LogP contribution >= 0.6 is 27.5 Å². The zero-order valence-corrected chi connectivity index (χ0v) is 13.7. The molecule has 1 fully saturated rings. The van der Waals surface area contributed by atoms with Crippen LogP contribution in [-0.2, 0) is 4.74 Å². The Morgan fingerprint density at radius 1 is 1.45 bits per heavy atom. The predicted molar refractivity (Wildman–Crippen MR) is 83.2 cm³/mol. The van der Waals surface area contributed by atoms with Crippen LogP contribution in [0.3, 0.4) is 0 Å². The van der Waals surface area contributed by atoms with Crippen molar-refractivity contribution in [1.82, 2.24) is 14.5 Å². The zero-order valence-electron chi connectivity index (χ0n) is 11.4. The van der Waals surface area contributed by atoms with Crippen molar-refractivity contribution in [2.45, 2.75) is 44.8 Å². The molecule has 0 radical (unpaired) electrons. The molecule has 0 N–H and O–H groups in total. The first-order valence-electron chi connectivity index (χ1n) is 6.98. The minimum absolute atomic E-state index is 0.389. The molecule has 108 valence electrons. The van der Waals surface area contributed by atoms with Gasteiger partial charge in [0, 0.05) is 23.3 Å². The summed E-state index contributed by atoms with van der Waals surface area (Å²) in [5, 5.41) is 1.39. The van der Waals surface area contributed by atoms with E-state index in [0.29, 0.717) is 17.3 Å². The average Bonchev–Trinajstić information content (AvgIpc) is 2.71. The Kier molecular flexibility index (Phi) is 4.29. The van der Waals surface area contributed by atoms with Gasteiger partial charge in [0.05, 0.1) is 11.5 Å². The Balaban J connectivity index is 1.72. The van der Waals surface area contributed by atoms with Crippen LogP contribution in [0.1, 0.15) is 38.6 Å². The van der Waals surface area contributed by atoms with E-state index in [2.05, 4.69) is 43.6 Å². The van der Waals surface area contributed by atoms with Gasteiger partial charge in [0.15, 0.2) is 0 Å². The second kappa shape index (κ2) is 6.00. The number of halogens is 2. The van der Waals surface area contributed by atoms with Gasteiger partial charge in [0.2, 0.25) is 0 Å². The molecular weight excluding hydrogens is 342 g/mol. The summed E-state index contributed by atoms with van der Waals surface area (Å²) in [5.74, 6) is 0. The van der Waals surface area contributed by atoms with E-state index in [4.69, 9.17) is 16.3 Å². The van der Waals surface area contributed by atoms with Crippen molar-refractivity contribution in [3.05, 3.63) is 22.1 Å². The smallest absolute Gasteiger partial charge is 0.146 e. The van der Waals surface area contributed by atoms with Crippen molar-refractivity contribution >= 4 is 38.6 Å². The molecule has 0 bridgehead atoms. The van der Waals surface area contributed by atoms with Crippen LogP contribution in [0.25, 0.3) is 11.0 Å². The Morgan fingerprint density at radius 2 is 2.25 bits per heavy atom. The lowest BCUT2D eigenvalue weighted by atomic mass is 9.89. The van der Waals surface area contributed by atoms with Crippen LogP contribution in [0, 0.1) is 0 Å². The molecule has 4 nitrogen and oxygen atoms in total. The largest absolute Gasteiger partial charge is 0.378 e. The third-order valence-electron chi connectivity index (χ3n) is 3.83. The summed E-state index contributed by atoms with van der Waals surface area (Å²) in [5.41, 5.74) is 0.897. The van der Waals surface area contributed by atoms with E-state index in [9.17, 15) is 0 Å². The molecule has 1 aliphatic carbocycles. The van der Waals surface area contributed by atoms with Crippen LogP contribution in [0.4, 0.5) is 0 Å². The Hall–Kier alpha value is -0.650. The van der Waals surface area contributed by atoms with Crippen LogP contribution < -0.4 is 0 Å². The summed E-state index contributed by atoms with van der Waals surface area (Å²) in [7, 11) is 0. The highest BCUT2D eigenvalue weighted by atomic mass is 79.9. The normalized spacial score (nSPS) is 22.1. The van der Waals surface area contributed by atoms with Gasteiger partial charge in [-0.3, -0.25) is 0 Å². The predicted octanol–water partition coefficient (Wildman–Crippen LogP) is 4.37. The Morgan fingerprint density at radius 3 is 3.00 bits per heavy atom. The molecule has 0 saturated heterocycles. The van der Waals surface area contributed by atoms with E-state index in [1.165, 1.54) is 12.7 Å². The van der Waals surface area contributed by atoms with Crippen LogP contribution in [0.2, 0.25) is 5.15 Å². The first kappa shape index (κ1) is 14.3. The number of unbranched alkanes of at least 4 members (excludes halogenated alkanes) is 1.